The number of hydrogen-bond donors (Lipinski definition) is 0. The molecule has 10 aromatic rings. The molecule has 49 heavy (non-hydrogen) atoms. The third kappa shape index (κ3) is 4.49. The molecule has 0 bridgehead atoms. The van der Waals surface area contributed by atoms with Gasteiger partial charge in [0.2, 0.25) is 0 Å². The number of nitrogens with zero attached hydrogens (tertiary/aromatic N) is 3. The number of fused-ring (bicyclic) bond motifs is 9. The summed E-state index contributed by atoms with van der Waals surface area (Å²) in [5, 5.41) is 0.615. The van der Waals surface area contributed by atoms with Crippen LogP contribution >= 0.6 is 0 Å². The van der Waals surface area contributed by atoms with Gasteiger partial charge in [-0.15, -0.1) is 0 Å². The highest BCUT2D eigenvalue weighted by atomic mass is 16.3. The molecule has 0 unspecified atom stereocenters. The summed E-state index contributed by atoms with van der Waals surface area (Å²) in [6.45, 7) is 0. The van der Waals surface area contributed by atoms with Crippen molar-refractivity contribution in [3.05, 3.63) is 163 Å². The van der Waals surface area contributed by atoms with Crippen molar-refractivity contribution in [2.75, 3.05) is 0 Å². The summed E-state index contributed by atoms with van der Waals surface area (Å²) in [5.74, 6) is 0.0732. The molecule has 4 heteroatoms. The highest BCUT2D eigenvalue weighted by Gasteiger charge is 2.18. The molecule has 2 heterocycles. The Morgan fingerprint density at radius 3 is 1.69 bits per heavy atom. The van der Waals surface area contributed by atoms with Crippen LogP contribution in [-0.4, -0.2) is 15.0 Å². The Bertz CT molecular complexity index is 3670. The van der Waals surface area contributed by atoms with E-state index in [-0.39, 0.29) is 73.0 Å². The van der Waals surface area contributed by atoms with E-state index in [1.165, 1.54) is 6.07 Å². The summed E-state index contributed by atoms with van der Waals surface area (Å²) in [6.07, 6.45) is 0. The molecule has 2 aromatic heterocycles. The third-order valence-electron chi connectivity index (χ3n) is 8.48. The van der Waals surface area contributed by atoms with E-state index in [1.54, 1.807) is 42.5 Å². The minimum absolute atomic E-state index is 0.00458. The van der Waals surface area contributed by atoms with E-state index in [0.29, 0.717) is 33.2 Å². The smallest absolute Gasteiger partial charge is 0.164 e. The Morgan fingerprint density at radius 2 is 0.959 bits per heavy atom. The van der Waals surface area contributed by atoms with Crippen molar-refractivity contribution >= 4 is 54.3 Å². The largest absolute Gasteiger partial charge is 0.456 e. The number of hydrogen-bond acceptors (Lipinski definition) is 4. The van der Waals surface area contributed by atoms with Gasteiger partial charge in [0.05, 0.1) is 20.6 Å². The standard InChI is InChI=1S/C45H27N3O/c1-2-11-28(12-3-1)29-21-23-30(24-22-29)43-46-44(48-45(47-43)38-18-10-20-41-42(38)37-17-8-9-19-40(37)49-41)31-25-26-36-34-15-5-4-13-32(34)33-14-6-7-16-35(33)39(36)27-31/h1-27H/i1D,2D,3D,4D,5D,6D,7D,11D,12D,13D,14D,15D,16D,25D,26D. The number of aromatic nitrogens is 3. The molecule has 0 spiro atoms. The van der Waals surface area contributed by atoms with Crippen molar-refractivity contribution in [1.82, 2.24) is 15.0 Å². The minimum Gasteiger partial charge on any atom is -0.456 e. The van der Waals surface area contributed by atoms with Crippen molar-refractivity contribution in [1.29, 1.82) is 0 Å². The van der Waals surface area contributed by atoms with E-state index in [0.717, 1.165) is 5.39 Å². The molecule has 0 radical (unpaired) electrons. The van der Waals surface area contributed by atoms with Crippen LogP contribution in [0.3, 0.4) is 0 Å². The van der Waals surface area contributed by atoms with Gasteiger partial charge in [0.25, 0.3) is 0 Å². The van der Waals surface area contributed by atoms with Crippen LogP contribution in [0, 0.1) is 0 Å². The lowest BCUT2D eigenvalue weighted by Gasteiger charge is -2.13. The van der Waals surface area contributed by atoms with Gasteiger partial charge in [0.1, 0.15) is 11.2 Å². The summed E-state index contributed by atoms with van der Waals surface area (Å²) in [7, 11) is 0. The van der Waals surface area contributed by atoms with Crippen LogP contribution in [0.2, 0.25) is 0 Å². The number of para-hydroxylation sites is 1. The molecule has 4 nitrogen and oxygen atoms in total. The van der Waals surface area contributed by atoms with E-state index in [9.17, 15) is 2.74 Å². The fraction of sp³-hybridized carbons (Fsp3) is 0. The topological polar surface area (TPSA) is 51.8 Å². The van der Waals surface area contributed by atoms with Crippen molar-refractivity contribution in [2.24, 2.45) is 0 Å². The summed E-state index contributed by atoms with van der Waals surface area (Å²) in [6, 6.07) is 12.6. The van der Waals surface area contributed by atoms with E-state index < -0.39 is 78.6 Å². The van der Waals surface area contributed by atoms with Gasteiger partial charge < -0.3 is 4.42 Å². The van der Waals surface area contributed by atoms with Crippen LogP contribution in [0.5, 0.6) is 0 Å². The molecule has 0 N–H and O–H groups in total. The Kier molecular flexibility index (Phi) is 3.68. The molecule has 0 aliphatic carbocycles. The molecule has 0 aliphatic heterocycles. The van der Waals surface area contributed by atoms with E-state index in [4.69, 9.17) is 37.2 Å². The maximum Gasteiger partial charge on any atom is 0.164 e. The first-order valence-electron chi connectivity index (χ1n) is 22.7. The van der Waals surface area contributed by atoms with Gasteiger partial charge in [-0.3, -0.25) is 0 Å². The molecule has 0 fully saturated rings. The zero-order valence-electron chi connectivity index (χ0n) is 40.2. The third-order valence-corrected chi connectivity index (χ3v) is 8.48. The molecule has 0 saturated carbocycles. The average molecular weight is 641 g/mol. The Balaban J connectivity index is 1.30. The van der Waals surface area contributed by atoms with Crippen molar-refractivity contribution < 1.29 is 25.0 Å². The zero-order valence-corrected chi connectivity index (χ0v) is 25.2. The first-order valence-corrected chi connectivity index (χ1v) is 15.2. The van der Waals surface area contributed by atoms with Crippen LogP contribution < -0.4 is 0 Å². The summed E-state index contributed by atoms with van der Waals surface area (Å²) >= 11 is 0. The van der Waals surface area contributed by atoms with Crippen LogP contribution in [0.1, 0.15) is 20.6 Å². The predicted molar refractivity (Wildman–Crippen MR) is 201 cm³/mol. The van der Waals surface area contributed by atoms with Gasteiger partial charge in [-0.25, -0.2) is 15.0 Å². The van der Waals surface area contributed by atoms with Crippen molar-refractivity contribution in [3.8, 4) is 45.3 Å². The molecule has 0 atom stereocenters. The van der Waals surface area contributed by atoms with Gasteiger partial charge in [-0.05, 0) is 61.6 Å². The minimum atomic E-state index is -0.633. The summed E-state index contributed by atoms with van der Waals surface area (Å²) in [5.41, 5.74) is 2.31. The second-order valence-electron chi connectivity index (χ2n) is 11.3. The maximum atomic E-state index is 9.46. The van der Waals surface area contributed by atoms with Gasteiger partial charge in [-0.2, -0.15) is 0 Å². The lowest BCUT2D eigenvalue weighted by molar-refractivity contribution is 0.669. The predicted octanol–water partition coefficient (Wildman–Crippen LogP) is 11.9. The normalized spacial score (nSPS) is 16.0. The van der Waals surface area contributed by atoms with Gasteiger partial charge in [0, 0.05) is 27.5 Å². The lowest BCUT2D eigenvalue weighted by atomic mass is 9.93. The van der Waals surface area contributed by atoms with Gasteiger partial charge in [0.15, 0.2) is 17.5 Å². The van der Waals surface area contributed by atoms with Crippen LogP contribution in [-0.2, 0) is 0 Å². The lowest BCUT2D eigenvalue weighted by Crippen LogP contribution is -2.00. The van der Waals surface area contributed by atoms with Gasteiger partial charge in [-0.1, -0.05) is 145 Å². The first kappa shape index (κ1) is 16.4. The van der Waals surface area contributed by atoms with Crippen LogP contribution in [0.15, 0.2) is 168 Å². The molecule has 0 saturated heterocycles. The molecule has 0 amide bonds. The molecular formula is C45H27N3O. The molecule has 228 valence electrons. The van der Waals surface area contributed by atoms with Crippen molar-refractivity contribution in [2.45, 2.75) is 0 Å². The Hall–Kier alpha value is -6.65. The SMILES string of the molecule is [2H]c1c([2H])c([2H])c(-c2ccc(-c3nc(-c4cc5c(c([2H])c4[2H])c4c([2H])c([2H])c([2H])c([2H])c4c4c([2H])c([2H])c([2H])c([2H])c54)nc(-c4cccc5oc6ccccc6c45)n3)cc2)c([2H])c1[2H]. The van der Waals surface area contributed by atoms with Crippen molar-refractivity contribution in [3.63, 3.8) is 0 Å². The second kappa shape index (κ2) is 11.0. The molecule has 8 aromatic carbocycles. The average Bonchev–Trinajstić information content (AvgIpc) is 3.69. The Labute approximate surface area is 303 Å². The first-order chi connectivity index (χ1) is 30.5. The number of furan rings is 1. The fourth-order valence-corrected chi connectivity index (χ4v) is 6.24. The van der Waals surface area contributed by atoms with E-state index >= 15 is 0 Å². The second-order valence-corrected chi connectivity index (χ2v) is 11.3. The monoisotopic (exact) mass is 640 g/mol. The number of benzene rings is 8. The summed E-state index contributed by atoms with van der Waals surface area (Å²) in [4.78, 5) is 14.6. The fourth-order valence-electron chi connectivity index (χ4n) is 6.24. The molecule has 10 rings (SSSR count). The highest BCUT2D eigenvalue weighted by molar-refractivity contribution is 6.25. The van der Waals surface area contributed by atoms with E-state index in [1.807, 2.05) is 24.3 Å². The van der Waals surface area contributed by atoms with Crippen LogP contribution in [0.4, 0.5) is 0 Å². The maximum absolute atomic E-state index is 9.46. The highest BCUT2D eigenvalue weighted by Crippen LogP contribution is 2.39. The quantitative estimate of drug-likeness (QED) is 0.180. The molecule has 0 aliphatic rings. The number of rotatable bonds is 4. The molecular weight excluding hydrogens is 599 g/mol. The summed E-state index contributed by atoms with van der Waals surface area (Å²) < 4.78 is 136. The van der Waals surface area contributed by atoms with E-state index in [2.05, 4.69) is 0 Å². The zero-order chi connectivity index (χ0) is 45.4. The van der Waals surface area contributed by atoms with Gasteiger partial charge >= 0.3 is 0 Å². The Morgan fingerprint density at radius 1 is 0.388 bits per heavy atom. The van der Waals surface area contributed by atoms with Crippen LogP contribution in [0.25, 0.3) is 99.5 Å².